The van der Waals surface area contributed by atoms with Crippen molar-refractivity contribution in [1.82, 2.24) is 24.2 Å². The summed E-state index contributed by atoms with van der Waals surface area (Å²) in [6.07, 6.45) is 3.93. The molecule has 0 radical (unpaired) electrons. The van der Waals surface area contributed by atoms with E-state index in [0.29, 0.717) is 0 Å². The van der Waals surface area contributed by atoms with Crippen molar-refractivity contribution >= 4 is 11.7 Å². The van der Waals surface area contributed by atoms with E-state index in [1.165, 1.54) is 0 Å². The predicted molar refractivity (Wildman–Crippen MR) is 96.2 cm³/mol. The summed E-state index contributed by atoms with van der Waals surface area (Å²) in [5.74, 6) is 2.10. The number of hydrogen-bond acceptors (Lipinski definition) is 3. The van der Waals surface area contributed by atoms with Crippen molar-refractivity contribution in [2.45, 2.75) is 6.92 Å². The molecule has 4 rings (SSSR count). The molecule has 130 valence electrons. The van der Waals surface area contributed by atoms with Gasteiger partial charge in [0.25, 0.3) is 5.91 Å². The monoisotopic (exact) mass is 338 g/mol. The zero-order valence-corrected chi connectivity index (χ0v) is 14.5. The number of carbonyl (C=O) groups excluding carboxylic acids is 1. The third-order valence-electron chi connectivity index (χ3n) is 4.72. The van der Waals surface area contributed by atoms with Crippen molar-refractivity contribution < 1.29 is 4.79 Å². The lowest BCUT2D eigenvalue weighted by Gasteiger charge is -2.36. The lowest BCUT2D eigenvalue weighted by Crippen LogP contribution is -2.49. The zero-order chi connectivity index (χ0) is 17.4. The van der Waals surface area contributed by atoms with Crippen molar-refractivity contribution in [2.24, 2.45) is 7.05 Å². The first-order valence-corrected chi connectivity index (χ1v) is 8.49. The summed E-state index contributed by atoms with van der Waals surface area (Å²) in [7, 11) is 1.90. The van der Waals surface area contributed by atoms with Crippen LogP contribution in [0.25, 0.3) is 5.82 Å². The summed E-state index contributed by atoms with van der Waals surface area (Å²) in [5, 5.41) is 7.33. The minimum absolute atomic E-state index is 0.102. The van der Waals surface area contributed by atoms with Crippen molar-refractivity contribution in [3.63, 3.8) is 0 Å². The lowest BCUT2D eigenvalue weighted by molar-refractivity contribution is 0.0737. The molecule has 0 unspecified atom stereocenters. The predicted octanol–water partition coefficient (Wildman–Crippen LogP) is 1.81. The van der Waals surface area contributed by atoms with Gasteiger partial charge in [-0.1, -0.05) is 0 Å². The maximum Gasteiger partial charge on any atom is 0.270 e. The highest BCUT2D eigenvalue weighted by Gasteiger charge is 2.25. The van der Waals surface area contributed by atoms with Gasteiger partial charge in [0.2, 0.25) is 0 Å². The third-order valence-corrected chi connectivity index (χ3v) is 4.72. The summed E-state index contributed by atoms with van der Waals surface area (Å²) < 4.78 is 3.96. The molecule has 0 spiro atoms. The number of hydrogen-bond donors (Lipinski definition) is 1. The van der Waals surface area contributed by atoms with E-state index in [0.717, 1.165) is 49.2 Å². The van der Waals surface area contributed by atoms with E-state index in [1.54, 1.807) is 0 Å². The molecule has 0 saturated carbocycles. The standard InChI is InChI=1S/C18H22N6O/c1-14-13-16(20-19-14)24-8-4-6-17(24)22-9-11-23(12-10-22)18(25)15-5-3-7-21(15)2/h3-8,13H,9-12H2,1-2H3,(H,19,20). The maximum absolute atomic E-state index is 12.6. The van der Waals surface area contributed by atoms with Gasteiger partial charge in [0, 0.05) is 57.4 Å². The molecule has 7 heteroatoms. The first kappa shape index (κ1) is 15.6. The van der Waals surface area contributed by atoms with Gasteiger partial charge in [-0.25, -0.2) is 0 Å². The highest BCUT2D eigenvalue weighted by Crippen LogP contribution is 2.22. The number of carbonyl (C=O) groups is 1. The lowest BCUT2D eigenvalue weighted by atomic mass is 10.2. The Morgan fingerprint density at radius 2 is 1.88 bits per heavy atom. The molecule has 0 bridgehead atoms. The molecule has 0 aromatic carbocycles. The molecule has 3 aromatic heterocycles. The van der Waals surface area contributed by atoms with Crippen LogP contribution < -0.4 is 4.90 Å². The minimum Gasteiger partial charge on any atom is -0.354 e. The molecule has 7 nitrogen and oxygen atoms in total. The smallest absolute Gasteiger partial charge is 0.270 e. The molecule has 1 saturated heterocycles. The number of H-pyrrole nitrogens is 1. The molecule has 3 aromatic rings. The van der Waals surface area contributed by atoms with Crippen molar-refractivity contribution in [3.05, 3.63) is 54.1 Å². The normalized spacial score (nSPS) is 15.0. The van der Waals surface area contributed by atoms with Gasteiger partial charge in [-0.15, -0.1) is 0 Å². The number of anilines is 1. The number of amides is 1. The highest BCUT2D eigenvalue weighted by molar-refractivity contribution is 5.92. The van der Waals surface area contributed by atoms with Crippen LogP contribution >= 0.6 is 0 Å². The van der Waals surface area contributed by atoms with Crippen LogP contribution in [-0.4, -0.2) is 56.3 Å². The minimum atomic E-state index is 0.102. The molecule has 0 aliphatic carbocycles. The van der Waals surface area contributed by atoms with Gasteiger partial charge in [0.15, 0.2) is 5.82 Å². The molecule has 1 fully saturated rings. The van der Waals surface area contributed by atoms with E-state index in [4.69, 9.17) is 0 Å². The first-order valence-electron chi connectivity index (χ1n) is 8.49. The average Bonchev–Trinajstić information content (AvgIpc) is 3.34. The second kappa shape index (κ2) is 6.16. The van der Waals surface area contributed by atoms with Crippen LogP contribution in [0.2, 0.25) is 0 Å². The molecule has 25 heavy (non-hydrogen) atoms. The second-order valence-corrected chi connectivity index (χ2v) is 6.43. The van der Waals surface area contributed by atoms with Crippen LogP contribution in [-0.2, 0) is 7.05 Å². The second-order valence-electron chi connectivity index (χ2n) is 6.43. The number of nitrogens with zero attached hydrogens (tertiary/aromatic N) is 5. The third kappa shape index (κ3) is 2.82. The Kier molecular flexibility index (Phi) is 3.83. The molecular formula is C18H22N6O. The quantitative estimate of drug-likeness (QED) is 0.792. The molecule has 1 N–H and O–H groups in total. The Balaban J connectivity index is 1.47. The fraction of sp³-hybridized carbons (Fsp3) is 0.333. The number of piperazine rings is 1. The van der Waals surface area contributed by atoms with Crippen LogP contribution in [0.3, 0.4) is 0 Å². The van der Waals surface area contributed by atoms with Crippen LogP contribution in [0.4, 0.5) is 5.82 Å². The number of rotatable bonds is 3. The topological polar surface area (TPSA) is 62.1 Å². The van der Waals surface area contributed by atoms with E-state index >= 15 is 0 Å². The summed E-state index contributed by atoms with van der Waals surface area (Å²) in [6, 6.07) is 9.93. The van der Waals surface area contributed by atoms with E-state index in [2.05, 4.69) is 25.7 Å². The molecule has 4 heterocycles. The maximum atomic E-state index is 12.6. The summed E-state index contributed by atoms with van der Waals surface area (Å²) in [6.45, 7) is 5.05. The van der Waals surface area contributed by atoms with E-state index in [9.17, 15) is 4.79 Å². The van der Waals surface area contributed by atoms with E-state index in [-0.39, 0.29) is 5.91 Å². The number of nitrogens with one attached hydrogen (secondary N) is 1. The van der Waals surface area contributed by atoms with E-state index < -0.39 is 0 Å². The number of aryl methyl sites for hydroxylation is 2. The van der Waals surface area contributed by atoms with Gasteiger partial charge in [0.1, 0.15) is 11.5 Å². The largest absolute Gasteiger partial charge is 0.354 e. The van der Waals surface area contributed by atoms with Crippen LogP contribution in [0, 0.1) is 6.92 Å². The van der Waals surface area contributed by atoms with Crippen molar-refractivity contribution in [2.75, 3.05) is 31.1 Å². The van der Waals surface area contributed by atoms with E-state index in [1.807, 2.05) is 60.1 Å². The van der Waals surface area contributed by atoms with Gasteiger partial charge in [-0.3, -0.25) is 14.5 Å². The van der Waals surface area contributed by atoms with Crippen LogP contribution in [0.15, 0.2) is 42.7 Å². The van der Waals surface area contributed by atoms with Gasteiger partial charge in [-0.05, 0) is 31.2 Å². The van der Waals surface area contributed by atoms with Gasteiger partial charge < -0.3 is 14.4 Å². The van der Waals surface area contributed by atoms with Gasteiger partial charge in [0.05, 0.1) is 0 Å². The molecule has 0 atom stereocenters. The first-order chi connectivity index (χ1) is 12.1. The SMILES string of the molecule is Cc1cc(-n2cccc2N2CCN(C(=O)c3cccn3C)CC2)n[nH]1. The average molecular weight is 338 g/mol. The molecule has 1 aliphatic rings. The van der Waals surface area contributed by atoms with Gasteiger partial charge in [-0.2, -0.15) is 5.10 Å². The Morgan fingerprint density at radius 1 is 1.12 bits per heavy atom. The summed E-state index contributed by atoms with van der Waals surface area (Å²) in [4.78, 5) is 16.9. The van der Waals surface area contributed by atoms with Crippen molar-refractivity contribution in [1.29, 1.82) is 0 Å². The Morgan fingerprint density at radius 3 is 2.52 bits per heavy atom. The fourth-order valence-corrected chi connectivity index (χ4v) is 3.33. The zero-order valence-electron chi connectivity index (χ0n) is 14.5. The molecule has 1 aliphatic heterocycles. The fourth-order valence-electron chi connectivity index (χ4n) is 3.33. The van der Waals surface area contributed by atoms with Crippen LogP contribution in [0.1, 0.15) is 16.2 Å². The number of aromatic amines is 1. The summed E-state index contributed by atoms with van der Waals surface area (Å²) in [5.41, 5.74) is 1.77. The molecule has 1 amide bonds. The highest BCUT2D eigenvalue weighted by atomic mass is 16.2. The van der Waals surface area contributed by atoms with Gasteiger partial charge >= 0.3 is 0 Å². The Hall–Kier alpha value is -2.96. The number of aromatic nitrogens is 4. The summed E-state index contributed by atoms with van der Waals surface area (Å²) >= 11 is 0. The molecular weight excluding hydrogens is 316 g/mol. The Bertz CT molecular complexity index is 881. The Labute approximate surface area is 146 Å². The van der Waals surface area contributed by atoms with Crippen LogP contribution in [0.5, 0.6) is 0 Å². The van der Waals surface area contributed by atoms with Crippen molar-refractivity contribution in [3.8, 4) is 5.82 Å².